The second-order valence-corrected chi connectivity index (χ2v) is 11.5. The van der Waals surface area contributed by atoms with E-state index >= 15 is 0 Å². The molecule has 238 valence electrons. The van der Waals surface area contributed by atoms with Crippen molar-refractivity contribution in [3.63, 3.8) is 0 Å². The van der Waals surface area contributed by atoms with Crippen LogP contribution in [0.5, 0.6) is 11.5 Å². The molecule has 47 heavy (non-hydrogen) atoms. The summed E-state index contributed by atoms with van der Waals surface area (Å²) in [7, 11) is 3.11. The van der Waals surface area contributed by atoms with E-state index in [4.69, 9.17) is 26.2 Å². The first-order valence-corrected chi connectivity index (χ1v) is 15.3. The number of hydrogen-bond donors (Lipinski definition) is 1. The van der Waals surface area contributed by atoms with Crippen LogP contribution in [0.15, 0.2) is 96.2 Å². The molecule has 0 unspecified atom stereocenters. The number of halogens is 2. The Morgan fingerprint density at radius 2 is 1.74 bits per heavy atom. The molecule has 0 spiro atoms. The summed E-state index contributed by atoms with van der Waals surface area (Å²) >= 11 is 6.30. The largest absolute Gasteiger partial charge is 0.493 e. The predicted octanol–water partition coefficient (Wildman–Crippen LogP) is 7.79. The molecule has 0 fully saturated rings. The van der Waals surface area contributed by atoms with Crippen LogP contribution in [0, 0.1) is 19.7 Å². The Hall–Kier alpha value is -5.41. The van der Waals surface area contributed by atoms with Gasteiger partial charge in [-0.1, -0.05) is 48.0 Å². The number of nitrogens with one attached hydrogen (secondary N) is 1. The van der Waals surface area contributed by atoms with Gasteiger partial charge in [-0.15, -0.1) is 0 Å². The summed E-state index contributed by atoms with van der Waals surface area (Å²) in [6, 6.07) is 25.9. The number of hydrazone groups is 1. The Morgan fingerprint density at radius 3 is 2.49 bits per heavy atom. The summed E-state index contributed by atoms with van der Waals surface area (Å²) in [4.78, 5) is 13.3. The van der Waals surface area contributed by atoms with Crippen molar-refractivity contribution in [2.75, 3.05) is 14.2 Å². The summed E-state index contributed by atoms with van der Waals surface area (Å²) in [5, 5.41) is 10.3. The number of carbonyl (C=O) groups is 1. The van der Waals surface area contributed by atoms with Crippen molar-refractivity contribution >= 4 is 34.6 Å². The van der Waals surface area contributed by atoms with Gasteiger partial charge in [-0.3, -0.25) is 9.48 Å². The zero-order valence-corrected chi connectivity index (χ0v) is 27.2. The van der Waals surface area contributed by atoms with E-state index in [1.54, 1.807) is 55.4 Å². The van der Waals surface area contributed by atoms with Crippen LogP contribution in [-0.2, 0) is 13.1 Å². The number of carbonyl (C=O) groups excluding carboxylic acids is 1. The second-order valence-electron chi connectivity index (χ2n) is 11.1. The number of hydrogen-bond acceptors (Lipinski definition) is 5. The maximum absolute atomic E-state index is 14.6. The Balaban J connectivity index is 1.28. The highest BCUT2D eigenvalue weighted by Gasteiger charge is 2.17. The lowest BCUT2D eigenvalue weighted by Gasteiger charge is -2.09. The molecule has 1 N–H and O–H groups in total. The second kappa shape index (κ2) is 13.5. The Kier molecular flexibility index (Phi) is 9.08. The fourth-order valence-corrected chi connectivity index (χ4v) is 5.87. The summed E-state index contributed by atoms with van der Waals surface area (Å²) in [6.07, 6.45) is 3.23. The van der Waals surface area contributed by atoms with Crippen LogP contribution >= 0.6 is 11.6 Å². The molecule has 0 bridgehead atoms. The first-order valence-electron chi connectivity index (χ1n) is 15.0. The van der Waals surface area contributed by atoms with Crippen LogP contribution in [0.1, 0.15) is 38.3 Å². The average molecular weight is 650 g/mol. The van der Waals surface area contributed by atoms with Gasteiger partial charge in [0.05, 0.1) is 27.0 Å². The standard InChI is InChI=1S/C37H33ClFN5O3/c1-23-24(2)44(20-25-9-6-5-7-10-25)33-15-13-27(17-29(23)33)37(45)41-40-19-28-21-43(22-30-31(38)11-8-12-32(30)39)42-36(28)26-14-16-34(46-3)35(18-26)47-4/h5-19,21H,20,22H2,1-4H3,(H,41,45)/b40-19+. The highest BCUT2D eigenvalue weighted by Crippen LogP contribution is 2.33. The fraction of sp³-hybridized carbons (Fsp3) is 0.162. The van der Waals surface area contributed by atoms with E-state index in [1.807, 2.05) is 36.4 Å². The maximum Gasteiger partial charge on any atom is 0.271 e. The molecule has 10 heteroatoms. The van der Waals surface area contributed by atoms with Crippen molar-refractivity contribution < 1.29 is 18.7 Å². The molecule has 2 aromatic heterocycles. The lowest BCUT2D eigenvalue weighted by Crippen LogP contribution is -2.17. The molecule has 6 aromatic rings. The summed E-state index contributed by atoms with van der Waals surface area (Å²) in [5.74, 6) is 0.302. The van der Waals surface area contributed by atoms with Crippen molar-refractivity contribution in [3.05, 3.63) is 135 Å². The third-order valence-corrected chi connectivity index (χ3v) is 8.64. The van der Waals surface area contributed by atoms with Crippen molar-refractivity contribution in [3.8, 4) is 22.8 Å². The quantitative estimate of drug-likeness (QED) is 0.121. The van der Waals surface area contributed by atoms with Gasteiger partial charge in [0, 0.05) is 56.6 Å². The molecule has 8 nitrogen and oxygen atoms in total. The van der Waals surface area contributed by atoms with E-state index in [2.05, 4.69) is 41.1 Å². The maximum atomic E-state index is 14.6. The highest BCUT2D eigenvalue weighted by atomic mass is 35.5. The van der Waals surface area contributed by atoms with Gasteiger partial charge in [-0.25, -0.2) is 9.82 Å². The van der Waals surface area contributed by atoms with Crippen LogP contribution in [0.25, 0.3) is 22.2 Å². The van der Waals surface area contributed by atoms with Gasteiger partial charge in [0.1, 0.15) is 11.5 Å². The van der Waals surface area contributed by atoms with E-state index in [1.165, 1.54) is 17.8 Å². The zero-order valence-electron chi connectivity index (χ0n) is 26.4. The number of nitrogens with zero attached hydrogens (tertiary/aromatic N) is 4. The van der Waals surface area contributed by atoms with Gasteiger partial charge < -0.3 is 14.0 Å². The number of ether oxygens (including phenoxy) is 2. The number of aromatic nitrogens is 3. The molecule has 0 radical (unpaired) electrons. The zero-order chi connectivity index (χ0) is 33.1. The van der Waals surface area contributed by atoms with Gasteiger partial charge in [-0.05, 0) is 73.5 Å². The van der Waals surface area contributed by atoms with Gasteiger partial charge in [0.25, 0.3) is 5.91 Å². The SMILES string of the molecule is COc1ccc(-c2nn(Cc3c(F)cccc3Cl)cc2/C=N/NC(=O)c2ccc3c(c2)c(C)c(C)n3Cc2ccccc2)cc1OC. The topological polar surface area (TPSA) is 82.7 Å². The Morgan fingerprint density at radius 1 is 0.957 bits per heavy atom. The lowest BCUT2D eigenvalue weighted by atomic mass is 10.1. The van der Waals surface area contributed by atoms with Gasteiger partial charge in [0.2, 0.25) is 0 Å². The molecule has 1 amide bonds. The third-order valence-electron chi connectivity index (χ3n) is 8.28. The minimum absolute atomic E-state index is 0.0920. The van der Waals surface area contributed by atoms with E-state index in [-0.39, 0.29) is 12.5 Å². The third kappa shape index (κ3) is 6.48. The van der Waals surface area contributed by atoms with Crippen LogP contribution < -0.4 is 14.9 Å². The van der Waals surface area contributed by atoms with Gasteiger partial charge in [-0.2, -0.15) is 10.2 Å². The predicted molar refractivity (Wildman–Crippen MR) is 183 cm³/mol. The summed E-state index contributed by atoms with van der Waals surface area (Å²) in [6.45, 7) is 5.00. The van der Waals surface area contributed by atoms with Crippen LogP contribution in [0.4, 0.5) is 4.39 Å². The molecule has 0 aliphatic carbocycles. The van der Waals surface area contributed by atoms with E-state index in [0.717, 1.165) is 28.7 Å². The van der Waals surface area contributed by atoms with Crippen LogP contribution in [-0.4, -0.2) is 40.7 Å². The number of aryl methyl sites for hydroxylation is 1. The molecular formula is C37H33ClFN5O3. The fourth-order valence-electron chi connectivity index (χ4n) is 5.65. The monoisotopic (exact) mass is 649 g/mol. The first kappa shape index (κ1) is 31.6. The summed E-state index contributed by atoms with van der Waals surface area (Å²) < 4.78 is 29.3. The number of methoxy groups -OCH3 is 2. The van der Waals surface area contributed by atoms with Gasteiger partial charge in [0.15, 0.2) is 11.5 Å². The number of fused-ring (bicyclic) bond motifs is 1. The molecule has 0 atom stereocenters. The van der Waals surface area contributed by atoms with Crippen molar-refractivity contribution in [2.24, 2.45) is 5.10 Å². The lowest BCUT2D eigenvalue weighted by molar-refractivity contribution is 0.0955. The van der Waals surface area contributed by atoms with Crippen LogP contribution in [0.2, 0.25) is 5.02 Å². The summed E-state index contributed by atoms with van der Waals surface area (Å²) in [5.41, 5.74) is 9.83. The molecule has 0 aliphatic rings. The number of benzene rings is 4. The highest BCUT2D eigenvalue weighted by molar-refractivity contribution is 6.31. The van der Waals surface area contributed by atoms with Crippen molar-refractivity contribution in [2.45, 2.75) is 26.9 Å². The number of rotatable bonds is 10. The van der Waals surface area contributed by atoms with Crippen molar-refractivity contribution in [1.82, 2.24) is 19.8 Å². The smallest absolute Gasteiger partial charge is 0.271 e. The Bertz CT molecular complexity index is 2100. The first-order chi connectivity index (χ1) is 22.8. The molecular weight excluding hydrogens is 617 g/mol. The minimum Gasteiger partial charge on any atom is -0.493 e. The average Bonchev–Trinajstić information content (AvgIpc) is 3.60. The molecule has 0 saturated heterocycles. The molecule has 0 aliphatic heterocycles. The van der Waals surface area contributed by atoms with Crippen LogP contribution in [0.3, 0.4) is 0 Å². The normalized spacial score (nSPS) is 11.4. The molecule has 2 heterocycles. The number of amides is 1. The Labute approximate surface area is 277 Å². The van der Waals surface area contributed by atoms with E-state index in [0.29, 0.717) is 44.5 Å². The van der Waals surface area contributed by atoms with Crippen molar-refractivity contribution in [1.29, 1.82) is 0 Å². The molecule has 4 aromatic carbocycles. The molecule has 6 rings (SSSR count). The minimum atomic E-state index is -0.430. The molecule has 0 saturated carbocycles. The van der Waals surface area contributed by atoms with E-state index < -0.39 is 5.82 Å². The van der Waals surface area contributed by atoms with E-state index in [9.17, 15) is 9.18 Å². The van der Waals surface area contributed by atoms with Gasteiger partial charge >= 0.3 is 0 Å².